The molecule has 0 aliphatic carbocycles. The Hall–Kier alpha value is -0.680. The van der Waals surface area contributed by atoms with Gasteiger partial charge < -0.3 is 9.63 Å². The lowest BCUT2D eigenvalue weighted by Crippen LogP contribution is -2.10. The molecule has 0 heterocycles. The lowest BCUT2D eigenvalue weighted by Gasteiger charge is -2.09. The molecule has 7 heteroatoms. The molecule has 0 rings (SSSR count). The monoisotopic (exact) mass is 224 g/mol. The summed E-state index contributed by atoms with van der Waals surface area (Å²) in [6, 6.07) is 0. The van der Waals surface area contributed by atoms with Gasteiger partial charge in [-0.25, -0.2) is 9.36 Å². The fraction of sp³-hybridized carbons (Fsp3) is 0.571. The molecule has 82 valence electrons. The molecule has 14 heavy (non-hydrogen) atoms. The van der Waals surface area contributed by atoms with Crippen LogP contribution >= 0.6 is 7.82 Å². The Morgan fingerprint density at radius 2 is 2.07 bits per heavy atom. The molecular weight excluding hydrogens is 211 g/mol. The lowest BCUT2D eigenvalue weighted by atomic mass is 10.4. The van der Waals surface area contributed by atoms with E-state index in [4.69, 9.17) is 4.89 Å². The average molecular weight is 224 g/mol. The molecule has 0 aromatic carbocycles. The Morgan fingerprint density at radius 1 is 1.50 bits per heavy atom. The van der Waals surface area contributed by atoms with Gasteiger partial charge in [-0.05, 0) is 6.92 Å². The van der Waals surface area contributed by atoms with Gasteiger partial charge in [-0.3, -0.25) is 9.05 Å². The van der Waals surface area contributed by atoms with Gasteiger partial charge in [-0.1, -0.05) is 6.58 Å². The zero-order valence-electron chi connectivity index (χ0n) is 8.06. The van der Waals surface area contributed by atoms with Gasteiger partial charge in [0.05, 0.1) is 6.61 Å². The van der Waals surface area contributed by atoms with Crippen LogP contribution < -0.4 is 0 Å². The summed E-state index contributed by atoms with van der Waals surface area (Å²) in [6.45, 7) is 4.52. The Morgan fingerprint density at radius 3 is 2.50 bits per heavy atom. The van der Waals surface area contributed by atoms with Crippen molar-refractivity contribution in [2.75, 3.05) is 20.3 Å². The second kappa shape index (κ2) is 5.93. The van der Waals surface area contributed by atoms with E-state index < -0.39 is 13.8 Å². The molecule has 0 spiro atoms. The minimum atomic E-state index is -3.97. The van der Waals surface area contributed by atoms with Crippen LogP contribution in [-0.4, -0.2) is 31.2 Å². The highest BCUT2D eigenvalue weighted by atomic mass is 31.2. The topological polar surface area (TPSA) is 82.1 Å². The summed E-state index contributed by atoms with van der Waals surface area (Å²) >= 11 is 0. The summed E-state index contributed by atoms with van der Waals surface area (Å²) in [5, 5.41) is 0. The first-order valence-electron chi connectivity index (χ1n) is 3.75. The van der Waals surface area contributed by atoms with Crippen LogP contribution in [0, 0.1) is 0 Å². The van der Waals surface area contributed by atoms with Crippen molar-refractivity contribution in [3.05, 3.63) is 12.2 Å². The number of esters is 1. The van der Waals surface area contributed by atoms with Gasteiger partial charge in [-0.2, -0.15) is 0 Å². The number of hydrogen-bond donors (Lipinski definition) is 1. The van der Waals surface area contributed by atoms with Crippen LogP contribution in [0.15, 0.2) is 12.2 Å². The summed E-state index contributed by atoms with van der Waals surface area (Å²) in [5.74, 6) is -0.571. The van der Waals surface area contributed by atoms with Crippen LogP contribution in [0.3, 0.4) is 0 Å². The van der Waals surface area contributed by atoms with Crippen molar-refractivity contribution in [3.8, 4) is 0 Å². The number of carbonyl (C=O) groups excluding carboxylic acids is 1. The quantitative estimate of drug-likeness (QED) is 0.312. The summed E-state index contributed by atoms with van der Waals surface area (Å²) in [7, 11) is -2.93. The minimum Gasteiger partial charge on any atom is -0.460 e. The first kappa shape index (κ1) is 13.3. The van der Waals surface area contributed by atoms with Gasteiger partial charge in [0.2, 0.25) is 0 Å². The van der Waals surface area contributed by atoms with Gasteiger partial charge in [0, 0.05) is 12.7 Å². The highest BCUT2D eigenvalue weighted by Gasteiger charge is 2.17. The number of carbonyl (C=O) groups is 1. The van der Waals surface area contributed by atoms with Gasteiger partial charge in [0.25, 0.3) is 0 Å². The molecule has 1 N–H and O–H groups in total. The highest BCUT2D eigenvalue weighted by molar-refractivity contribution is 7.47. The lowest BCUT2D eigenvalue weighted by molar-refractivity contribution is -0.139. The highest BCUT2D eigenvalue weighted by Crippen LogP contribution is 2.41. The van der Waals surface area contributed by atoms with E-state index in [2.05, 4.69) is 20.4 Å². The van der Waals surface area contributed by atoms with E-state index in [-0.39, 0.29) is 18.8 Å². The van der Waals surface area contributed by atoms with Crippen LogP contribution in [0.25, 0.3) is 0 Å². The van der Waals surface area contributed by atoms with Gasteiger partial charge in [0.1, 0.15) is 6.61 Å². The predicted molar refractivity (Wildman–Crippen MR) is 48.6 cm³/mol. The van der Waals surface area contributed by atoms with E-state index in [1.807, 2.05) is 0 Å². The third-order valence-corrected chi connectivity index (χ3v) is 2.12. The molecular formula is C7H13O6P. The van der Waals surface area contributed by atoms with Gasteiger partial charge >= 0.3 is 13.8 Å². The van der Waals surface area contributed by atoms with Crippen LogP contribution in [0.5, 0.6) is 0 Å². The molecule has 0 aliphatic rings. The molecule has 0 fully saturated rings. The third-order valence-electron chi connectivity index (χ3n) is 1.15. The Bertz CT molecular complexity index is 261. The summed E-state index contributed by atoms with van der Waals surface area (Å²) in [5.41, 5.74) is 0.254. The standard InChI is InChI=1S/C7H13O6P/c1-6(2)7(8)12-4-5-13-14(9,10)11-3/h1,4-5H2,2-3H3,(H,9,10). The van der Waals surface area contributed by atoms with Crippen LogP contribution in [0.1, 0.15) is 6.92 Å². The number of phosphoric ester groups is 1. The zero-order chi connectivity index (χ0) is 11.2. The minimum absolute atomic E-state index is 0.125. The van der Waals surface area contributed by atoms with Crippen LogP contribution in [0.2, 0.25) is 0 Å². The van der Waals surface area contributed by atoms with Crippen LogP contribution in [-0.2, 0) is 23.1 Å². The van der Waals surface area contributed by atoms with Crippen molar-refractivity contribution in [2.45, 2.75) is 6.92 Å². The molecule has 6 nitrogen and oxygen atoms in total. The smallest absolute Gasteiger partial charge is 0.460 e. The summed E-state index contributed by atoms with van der Waals surface area (Å²) in [4.78, 5) is 19.5. The van der Waals surface area contributed by atoms with Crippen molar-refractivity contribution in [1.29, 1.82) is 0 Å². The zero-order valence-corrected chi connectivity index (χ0v) is 8.95. The predicted octanol–water partition coefficient (Wildman–Crippen LogP) is 0.869. The molecule has 1 atom stereocenters. The summed E-state index contributed by atoms with van der Waals surface area (Å²) < 4.78 is 23.8. The van der Waals surface area contributed by atoms with E-state index >= 15 is 0 Å². The van der Waals surface area contributed by atoms with Gasteiger partial charge in [0.15, 0.2) is 0 Å². The van der Waals surface area contributed by atoms with E-state index in [0.29, 0.717) is 0 Å². The van der Waals surface area contributed by atoms with E-state index in [9.17, 15) is 9.36 Å². The molecule has 1 unspecified atom stereocenters. The molecule has 0 aliphatic heterocycles. The molecule has 0 saturated carbocycles. The molecule has 0 aromatic heterocycles. The van der Waals surface area contributed by atoms with Crippen molar-refractivity contribution < 1.29 is 28.0 Å². The van der Waals surface area contributed by atoms with E-state index in [1.54, 1.807) is 0 Å². The van der Waals surface area contributed by atoms with Crippen molar-refractivity contribution in [3.63, 3.8) is 0 Å². The maximum atomic E-state index is 10.8. The first-order chi connectivity index (χ1) is 6.39. The largest absolute Gasteiger partial charge is 0.472 e. The second-order valence-corrected chi connectivity index (χ2v) is 3.96. The average Bonchev–Trinajstić information content (AvgIpc) is 2.12. The molecule has 0 radical (unpaired) electrons. The summed E-state index contributed by atoms with van der Waals surface area (Å²) in [6.07, 6.45) is 0. The van der Waals surface area contributed by atoms with Crippen molar-refractivity contribution in [1.82, 2.24) is 0 Å². The number of phosphoric acid groups is 1. The fourth-order valence-corrected chi connectivity index (χ4v) is 0.874. The number of hydrogen-bond acceptors (Lipinski definition) is 5. The molecule has 0 aromatic rings. The maximum absolute atomic E-state index is 10.8. The third kappa shape index (κ3) is 5.88. The van der Waals surface area contributed by atoms with E-state index in [0.717, 1.165) is 7.11 Å². The number of ether oxygens (including phenoxy) is 1. The Labute approximate surface area is 82.1 Å². The normalized spacial score (nSPS) is 14.5. The first-order valence-corrected chi connectivity index (χ1v) is 5.24. The van der Waals surface area contributed by atoms with Gasteiger partial charge in [-0.15, -0.1) is 0 Å². The van der Waals surface area contributed by atoms with Crippen molar-refractivity contribution in [2.24, 2.45) is 0 Å². The molecule has 0 bridgehead atoms. The fourth-order valence-electron chi connectivity index (χ4n) is 0.463. The molecule has 0 amide bonds. The van der Waals surface area contributed by atoms with E-state index in [1.165, 1.54) is 6.92 Å². The van der Waals surface area contributed by atoms with Crippen LogP contribution in [0.4, 0.5) is 0 Å². The van der Waals surface area contributed by atoms with Crippen molar-refractivity contribution >= 4 is 13.8 Å². The maximum Gasteiger partial charge on any atom is 0.472 e. The number of rotatable bonds is 6. The Balaban J connectivity index is 3.62. The second-order valence-electron chi connectivity index (χ2n) is 2.40. The SMILES string of the molecule is C=C(C)C(=O)OCCOP(=O)(O)OC. The Kier molecular flexibility index (Phi) is 5.64. The molecule has 0 saturated heterocycles.